The number of hydrogen-bond donors (Lipinski definition) is 0. The molecule has 0 radical (unpaired) electrons. The Balaban J connectivity index is 2.27. The van der Waals surface area contributed by atoms with Crippen LogP contribution in [0.4, 0.5) is 0 Å². The molecule has 0 atom stereocenters. The zero-order valence-electron chi connectivity index (χ0n) is 8.53. The molecule has 0 aliphatic rings. The summed E-state index contributed by atoms with van der Waals surface area (Å²) in [5.41, 5.74) is 1.22. The van der Waals surface area contributed by atoms with Gasteiger partial charge in [-0.1, -0.05) is 43.7 Å². The van der Waals surface area contributed by atoms with Crippen LogP contribution in [0, 0.1) is 0 Å². The van der Waals surface area contributed by atoms with Crippen molar-refractivity contribution in [3.8, 4) is 0 Å². The molecule has 0 amide bonds. The minimum atomic E-state index is 0.699. The molecule has 0 saturated carbocycles. The first-order valence-electron chi connectivity index (χ1n) is 5.02. The average molecular weight is 208 g/mol. The molecule has 0 aromatic heterocycles. The molecule has 1 rings (SSSR count). The second-order valence-electron chi connectivity index (χ2n) is 3.24. The summed E-state index contributed by atoms with van der Waals surface area (Å²) < 4.78 is 5.42. The lowest BCUT2D eigenvalue weighted by atomic mass is 10.2. The lowest BCUT2D eigenvalue weighted by Crippen LogP contribution is -2.06. The van der Waals surface area contributed by atoms with Crippen molar-refractivity contribution < 1.29 is 4.74 Å². The normalized spacial score (nSPS) is 9.79. The van der Waals surface area contributed by atoms with E-state index in [0.717, 1.165) is 25.9 Å². The van der Waals surface area contributed by atoms with Gasteiger partial charge in [-0.15, -0.1) is 0 Å². The van der Waals surface area contributed by atoms with Crippen molar-refractivity contribution in [2.75, 3.05) is 6.61 Å². The first-order valence-corrected chi connectivity index (χ1v) is 5.43. The summed E-state index contributed by atoms with van der Waals surface area (Å²) in [5, 5.41) is 0.699. The predicted molar refractivity (Wildman–Crippen MR) is 63.6 cm³/mol. The van der Waals surface area contributed by atoms with Crippen LogP contribution in [-0.2, 0) is 11.2 Å². The zero-order chi connectivity index (χ0) is 10.2. The quantitative estimate of drug-likeness (QED) is 0.542. The molecule has 0 N–H and O–H groups in total. The lowest BCUT2D eigenvalue weighted by molar-refractivity contribution is 0.299. The van der Waals surface area contributed by atoms with E-state index >= 15 is 0 Å². The molecule has 0 fully saturated rings. The molecule has 1 aromatic rings. The molecule has 0 bridgehead atoms. The molecule has 0 aliphatic carbocycles. The highest BCUT2D eigenvalue weighted by Gasteiger charge is 1.98. The van der Waals surface area contributed by atoms with Crippen molar-refractivity contribution in [3.63, 3.8) is 0 Å². The fourth-order valence-electron chi connectivity index (χ4n) is 1.14. The molecule has 2 heteroatoms. The van der Waals surface area contributed by atoms with Crippen LogP contribution < -0.4 is 0 Å². The maximum Gasteiger partial charge on any atom is 0.164 e. The van der Waals surface area contributed by atoms with Crippen LogP contribution in [0.15, 0.2) is 30.3 Å². The van der Waals surface area contributed by atoms with E-state index in [1.165, 1.54) is 5.56 Å². The largest absolute Gasteiger partial charge is 0.487 e. The third-order valence-electron chi connectivity index (χ3n) is 1.95. The van der Waals surface area contributed by atoms with Crippen LogP contribution in [0.25, 0.3) is 0 Å². The van der Waals surface area contributed by atoms with Crippen molar-refractivity contribution in [2.24, 2.45) is 0 Å². The Kier molecular flexibility index (Phi) is 5.23. The van der Waals surface area contributed by atoms with Gasteiger partial charge in [0, 0.05) is 6.42 Å². The van der Waals surface area contributed by atoms with E-state index in [2.05, 4.69) is 19.1 Å². The van der Waals surface area contributed by atoms with E-state index in [0.29, 0.717) is 5.05 Å². The van der Waals surface area contributed by atoms with E-state index in [1.54, 1.807) is 0 Å². The number of unbranched alkanes of at least 4 members (excludes halogenated alkanes) is 1. The molecule has 0 heterocycles. The predicted octanol–water partition coefficient (Wildman–Crippen LogP) is 3.37. The summed E-state index contributed by atoms with van der Waals surface area (Å²) in [6, 6.07) is 10.2. The summed E-state index contributed by atoms with van der Waals surface area (Å²) in [6.45, 7) is 2.89. The number of hydrogen-bond acceptors (Lipinski definition) is 2. The molecular formula is C12H16OS. The zero-order valence-corrected chi connectivity index (χ0v) is 9.35. The summed E-state index contributed by atoms with van der Waals surface area (Å²) >= 11 is 5.13. The number of benzene rings is 1. The Labute approximate surface area is 91.1 Å². The summed E-state index contributed by atoms with van der Waals surface area (Å²) in [4.78, 5) is 0. The Bertz CT molecular complexity index is 269. The first-order chi connectivity index (χ1) is 6.83. The summed E-state index contributed by atoms with van der Waals surface area (Å²) in [6.07, 6.45) is 2.97. The van der Waals surface area contributed by atoms with Crippen molar-refractivity contribution in [1.29, 1.82) is 0 Å². The van der Waals surface area contributed by atoms with E-state index in [9.17, 15) is 0 Å². The standard InChI is InChI=1S/C12H16OS/c1-2-3-9-13-12(14)10-11-7-5-4-6-8-11/h4-8H,2-3,9-10H2,1H3. The van der Waals surface area contributed by atoms with Gasteiger partial charge in [0.15, 0.2) is 5.05 Å². The Morgan fingerprint density at radius 3 is 2.64 bits per heavy atom. The van der Waals surface area contributed by atoms with Crippen molar-refractivity contribution in [1.82, 2.24) is 0 Å². The number of ether oxygens (including phenoxy) is 1. The van der Waals surface area contributed by atoms with Crippen LogP contribution in [0.2, 0.25) is 0 Å². The van der Waals surface area contributed by atoms with Gasteiger partial charge in [-0.25, -0.2) is 0 Å². The van der Waals surface area contributed by atoms with Crippen LogP contribution in [0.5, 0.6) is 0 Å². The van der Waals surface area contributed by atoms with Crippen molar-refractivity contribution in [3.05, 3.63) is 35.9 Å². The Hall–Kier alpha value is -0.890. The molecule has 0 unspecified atom stereocenters. The molecular weight excluding hydrogens is 192 g/mol. The van der Waals surface area contributed by atoms with Gasteiger partial charge in [-0.05, 0) is 24.2 Å². The SMILES string of the molecule is CCCCOC(=S)Cc1ccccc1. The van der Waals surface area contributed by atoms with E-state index in [1.807, 2.05) is 18.2 Å². The summed E-state index contributed by atoms with van der Waals surface area (Å²) in [5.74, 6) is 0. The number of rotatable bonds is 5. The van der Waals surface area contributed by atoms with Gasteiger partial charge in [0.2, 0.25) is 0 Å². The van der Waals surface area contributed by atoms with Gasteiger partial charge >= 0.3 is 0 Å². The van der Waals surface area contributed by atoms with E-state index in [4.69, 9.17) is 17.0 Å². The van der Waals surface area contributed by atoms with Gasteiger partial charge in [-0.2, -0.15) is 0 Å². The minimum absolute atomic E-state index is 0.699. The molecule has 14 heavy (non-hydrogen) atoms. The topological polar surface area (TPSA) is 9.23 Å². The average Bonchev–Trinajstić information content (AvgIpc) is 2.20. The van der Waals surface area contributed by atoms with Gasteiger partial charge < -0.3 is 4.74 Å². The second-order valence-corrected chi connectivity index (χ2v) is 3.69. The fraction of sp³-hybridized carbons (Fsp3) is 0.417. The Morgan fingerprint density at radius 1 is 1.29 bits per heavy atom. The highest BCUT2D eigenvalue weighted by molar-refractivity contribution is 7.80. The fourth-order valence-corrected chi connectivity index (χ4v) is 1.39. The van der Waals surface area contributed by atoms with Crippen LogP contribution in [0.1, 0.15) is 25.3 Å². The maximum atomic E-state index is 5.42. The van der Waals surface area contributed by atoms with Gasteiger partial charge in [0.1, 0.15) is 0 Å². The molecule has 0 spiro atoms. The van der Waals surface area contributed by atoms with Crippen molar-refractivity contribution >= 4 is 17.3 Å². The number of thiocarbonyl (C=S) groups is 1. The smallest absolute Gasteiger partial charge is 0.164 e. The first kappa shape index (κ1) is 11.2. The molecule has 1 nitrogen and oxygen atoms in total. The monoisotopic (exact) mass is 208 g/mol. The van der Waals surface area contributed by atoms with Gasteiger partial charge in [0.25, 0.3) is 0 Å². The molecule has 0 saturated heterocycles. The second kappa shape index (κ2) is 6.55. The lowest BCUT2D eigenvalue weighted by Gasteiger charge is -2.06. The van der Waals surface area contributed by atoms with Gasteiger partial charge in [-0.3, -0.25) is 0 Å². The maximum absolute atomic E-state index is 5.42. The third-order valence-corrected chi connectivity index (χ3v) is 2.21. The van der Waals surface area contributed by atoms with Crippen LogP contribution >= 0.6 is 12.2 Å². The molecule has 76 valence electrons. The third kappa shape index (κ3) is 4.38. The Morgan fingerprint density at radius 2 is 2.00 bits per heavy atom. The van der Waals surface area contributed by atoms with E-state index < -0.39 is 0 Å². The van der Waals surface area contributed by atoms with Crippen molar-refractivity contribution in [2.45, 2.75) is 26.2 Å². The minimum Gasteiger partial charge on any atom is -0.487 e. The molecule has 0 aliphatic heterocycles. The van der Waals surface area contributed by atoms with E-state index in [-0.39, 0.29) is 0 Å². The highest BCUT2D eigenvalue weighted by Crippen LogP contribution is 2.02. The summed E-state index contributed by atoms with van der Waals surface area (Å²) in [7, 11) is 0. The van der Waals surface area contributed by atoms with Crippen LogP contribution in [0.3, 0.4) is 0 Å². The van der Waals surface area contributed by atoms with Gasteiger partial charge in [0.05, 0.1) is 6.61 Å². The van der Waals surface area contributed by atoms with Crippen LogP contribution in [-0.4, -0.2) is 11.7 Å². The highest BCUT2D eigenvalue weighted by atomic mass is 32.1. The molecule has 1 aromatic carbocycles.